The maximum atomic E-state index is 12.7. The Hall–Kier alpha value is -2.99. The molecule has 0 atom stereocenters. The lowest BCUT2D eigenvalue weighted by Gasteiger charge is -2.10. The van der Waals surface area contributed by atoms with Gasteiger partial charge in [0, 0.05) is 16.1 Å². The zero-order valence-electron chi connectivity index (χ0n) is 16.3. The molecule has 0 aliphatic carbocycles. The van der Waals surface area contributed by atoms with E-state index in [1.54, 1.807) is 18.2 Å². The molecule has 0 unspecified atom stereocenters. The van der Waals surface area contributed by atoms with Gasteiger partial charge in [-0.15, -0.1) is 11.3 Å². The number of carbonyl (C=O) groups is 2. The summed E-state index contributed by atoms with van der Waals surface area (Å²) in [6, 6.07) is 13.2. The Labute approximate surface area is 168 Å². The first-order chi connectivity index (χ1) is 13.4. The number of carbonyl (C=O) groups excluding carboxylic acids is 2. The molecule has 1 aromatic heterocycles. The fourth-order valence-electron chi connectivity index (χ4n) is 2.87. The SMILES string of the molecule is COC(=O)c1ccc(C)c(NC(=O)Cc2sc(C)nc2-c2ccc(C)cc2)c1. The van der Waals surface area contributed by atoms with Crippen LogP contribution in [-0.2, 0) is 16.0 Å². The predicted molar refractivity (Wildman–Crippen MR) is 112 cm³/mol. The van der Waals surface area contributed by atoms with Gasteiger partial charge in [-0.25, -0.2) is 9.78 Å². The normalized spacial score (nSPS) is 10.6. The quantitative estimate of drug-likeness (QED) is 0.637. The van der Waals surface area contributed by atoms with E-state index in [9.17, 15) is 9.59 Å². The molecule has 3 rings (SSSR count). The predicted octanol–water partition coefficient (Wildman–Crippen LogP) is 4.70. The number of hydrogen-bond donors (Lipinski definition) is 1. The second kappa shape index (κ2) is 8.35. The molecule has 0 saturated carbocycles. The summed E-state index contributed by atoms with van der Waals surface area (Å²) >= 11 is 1.52. The van der Waals surface area contributed by atoms with Crippen LogP contribution in [0.3, 0.4) is 0 Å². The second-order valence-electron chi connectivity index (χ2n) is 6.62. The highest BCUT2D eigenvalue weighted by atomic mass is 32.1. The Morgan fingerprint density at radius 2 is 1.79 bits per heavy atom. The molecule has 0 spiro atoms. The molecule has 0 fully saturated rings. The minimum Gasteiger partial charge on any atom is -0.465 e. The number of amides is 1. The number of thiazole rings is 1. The van der Waals surface area contributed by atoms with Crippen LogP contribution in [0.5, 0.6) is 0 Å². The molecule has 0 aliphatic rings. The Balaban J connectivity index is 1.81. The molecule has 0 radical (unpaired) electrons. The minimum absolute atomic E-state index is 0.151. The molecule has 1 heterocycles. The summed E-state index contributed by atoms with van der Waals surface area (Å²) in [7, 11) is 1.33. The van der Waals surface area contributed by atoms with Crippen LogP contribution < -0.4 is 5.32 Å². The zero-order valence-corrected chi connectivity index (χ0v) is 17.1. The van der Waals surface area contributed by atoms with Gasteiger partial charge in [0.1, 0.15) is 0 Å². The molecule has 2 aromatic carbocycles. The molecule has 1 amide bonds. The van der Waals surface area contributed by atoms with Crippen LogP contribution in [0.1, 0.15) is 31.4 Å². The van der Waals surface area contributed by atoms with Gasteiger partial charge in [0.2, 0.25) is 5.91 Å². The van der Waals surface area contributed by atoms with Crippen molar-refractivity contribution >= 4 is 28.9 Å². The first-order valence-corrected chi connectivity index (χ1v) is 9.71. The van der Waals surface area contributed by atoms with Gasteiger partial charge in [-0.2, -0.15) is 0 Å². The van der Waals surface area contributed by atoms with Crippen LogP contribution in [0.15, 0.2) is 42.5 Å². The zero-order chi connectivity index (χ0) is 20.3. The summed E-state index contributed by atoms with van der Waals surface area (Å²) in [6.45, 7) is 5.86. The molecular formula is C22H22N2O3S. The van der Waals surface area contributed by atoms with Crippen LogP contribution in [-0.4, -0.2) is 24.0 Å². The number of nitrogens with one attached hydrogen (secondary N) is 1. The smallest absolute Gasteiger partial charge is 0.337 e. The van der Waals surface area contributed by atoms with E-state index < -0.39 is 5.97 Å². The molecule has 0 saturated heterocycles. The fourth-order valence-corrected chi connectivity index (χ4v) is 3.82. The lowest BCUT2D eigenvalue weighted by atomic mass is 10.1. The summed E-state index contributed by atoms with van der Waals surface area (Å²) in [6.07, 6.45) is 0.219. The van der Waals surface area contributed by atoms with Gasteiger partial charge in [0.15, 0.2) is 0 Å². The number of benzene rings is 2. The second-order valence-corrected chi connectivity index (χ2v) is 7.90. The van der Waals surface area contributed by atoms with Crippen molar-refractivity contribution in [2.75, 3.05) is 12.4 Å². The van der Waals surface area contributed by atoms with Gasteiger partial charge >= 0.3 is 5.97 Å². The molecule has 0 aliphatic heterocycles. The topological polar surface area (TPSA) is 68.3 Å². The maximum absolute atomic E-state index is 12.7. The summed E-state index contributed by atoms with van der Waals surface area (Å²) < 4.78 is 4.75. The molecule has 6 heteroatoms. The van der Waals surface area contributed by atoms with Crippen LogP contribution >= 0.6 is 11.3 Å². The fraction of sp³-hybridized carbons (Fsp3) is 0.227. The molecule has 0 bridgehead atoms. The molecular weight excluding hydrogens is 372 g/mol. The number of aromatic nitrogens is 1. The number of hydrogen-bond acceptors (Lipinski definition) is 5. The van der Waals surface area contributed by atoms with Crippen molar-refractivity contribution < 1.29 is 14.3 Å². The van der Waals surface area contributed by atoms with E-state index in [1.807, 2.05) is 45.0 Å². The summed E-state index contributed by atoms with van der Waals surface area (Å²) in [5.74, 6) is -0.586. The van der Waals surface area contributed by atoms with Gasteiger partial charge in [-0.1, -0.05) is 35.9 Å². The van der Waals surface area contributed by atoms with E-state index in [0.29, 0.717) is 11.3 Å². The largest absolute Gasteiger partial charge is 0.465 e. The third-order valence-electron chi connectivity index (χ3n) is 4.38. The van der Waals surface area contributed by atoms with Gasteiger partial charge in [0.25, 0.3) is 0 Å². The van der Waals surface area contributed by atoms with E-state index in [-0.39, 0.29) is 12.3 Å². The van der Waals surface area contributed by atoms with Crippen LogP contribution in [0.25, 0.3) is 11.3 Å². The Morgan fingerprint density at radius 1 is 1.07 bits per heavy atom. The average molecular weight is 394 g/mol. The van der Waals surface area contributed by atoms with Gasteiger partial charge < -0.3 is 10.1 Å². The number of esters is 1. The summed E-state index contributed by atoms with van der Waals surface area (Å²) in [5, 5.41) is 3.83. The highest BCUT2D eigenvalue weighted by Gasteiger charge is 2.16. The average Bonchev–Trinajstić information content (AvgIpc) is 3.03. The summed E-state index contributed by atoms with van der Waals surface area (Å²) in [5.41, 5.74) is 4.90. The molecule has 5 nitrogen and oxygen atoms in total. The van der Waals surface area contributed by atoms with Crippen molar-refractivity contribution in [2.45, 2.75) is 27.2 Å². The van der Waals surface area contributed by atoms with Gasteiger partial charge in [0.05, 0.1) is 29.8 Å². The summed E-state index contributed by atoms with van der Waals surface area (Å²) in [4.78, 5) is 30.0. The third-order valence-corrected chi connectivity index (χ3v) is 5.35. The van der Waals surface area contributed by atoms with Crippen LogP contribution in [0.4, 0.5) is 5.69 Å². The third kappa shape index (κ3) is 4.46. The molecule has 28 heavy (non-hydrogen) atoms. The van der Waals surface area contributed by atoms with Crippen molar-refractivity contribution in [1.82, 2.24) is 4.98 Å². The number of ether oxygens (including phenoxy) is 1. The van der Waals surface area contributed by atoms with Crippen molar-refractivity contribution in [2.24, 2.45) is 0 Å². The lowest BCUT2D eigenvalue weighted by Crippen LogP contribution is -2.15. The van der Waals surface area contributed by atoms with E-state index in [1.165, 1.54) is 24.0 Å². The van der Waals surface area contributed by atoms with Crippen molar-refractivity contribution in [3.8, 4) is 11.3 Å². The standard InChI is InChI=1S/C22H22N2O3S/c1-13-5-8-16(9-6-13)21-19(28-15(3)23-21)12-20(25)24-18-11-17(22(26)27-4)10-7-14(18)2/h5-11H,12H2,1-4H3,(H,24,25). The Bertz CT molecular complexity index is 1020. The monoisotopic (exact) mass is 394 g/mol. The van der Waals surface area contributed by atoms with Gasteiger partial charge in [-0.05, 0) is 38.5 Å². The number of methoxy groups -OCH3 is 1. The number of anilines is 1. The Kier molecular flexibility index (Phi) is 5.90. The lowest BCUT2D eigenvalue weighted by molar-refractivity contribution is -0.115. The first-order valence-electron chi connectivity index (χ1n) is 8.89. The van der Waals surface area contributed by atoms with Crippen LogP contribution in [0.2, 0.25) is 0 Å². The number of rotatable bonds is 5. The van der Waals surface area contributed by atoms with Crippen molar-refractivity contribution in [3.05, 3.63) is 69.0 Å². The van der Waals surface area contributed by atoms with Crippen LogP contribution in [0, 0.1) is 20.8 Å². The van der Waals surface area contributed by atoms with Crippen molar-refractivity contribution in [3.63, 3.8) is 0 Å². The molecule has 144 valence electrons. The van der Waals surface area contributed by atoms with E-state index in [2.05, 4.69) is 10.3 Å². The number of nitrogens with zero attached hydrogens (tertiary/aromatic N) is 1. The van der Waals surface area contributed by atoms with E-state index >= 15 is 0 Å². The van der Waals surface area contributed by atoms with E-state index in [4.69, 9.17) is 4.74 Å². The molecule has 3 aromatic rings. The minimum atomic E-state index is -0.435. The van der Waals surface area contributed by atoms with Gasteiger partial charge in [-0.3, -0.25) is 4.79 Å². The highest BCUT2D eigenvalue weighted by molar-refractivity contribution is 7.12. The molecule has 1 N–H and O–H groups in total. The number of aryl methyl sites for hydroxylation is 3. The van der Waals surface area contributed by atoms with E-state index in [0.717, 1.165) is 26.7 Å². The maximum Gasteiger partial charge on any atom is 0.337 e. The van der Waals surface area contributed by atoms with Crippen molar-refractivity contribution in [1.29, 1.82) is 0 Å². The Morgan fingerprint density at radius 3 is 2.46 bits per heavy atom. The highest BCUT2D eigenvalue weighted by Crippen LogP contribution is 2.29. The first kappa shape index (κ1) is 19.8.